The van der Waals surface area contributed by atoms with Crippen LogP contribution in [0.1, 0.15) is 18.0 Å². The van der Waals surface area contributed by atoms with Gasteiger partial charge in [-0.15, -0.1) is 12.4 Å². The SMILES string of the molecule is Cl.FC(F)C[C@@H](c1cccc2c1OCCO2)N1CCNCC1. The molecule has 0 radical (unpaired) electrons. The van der Waals surface area contributed by atoms with Crippen molar-refractivity contribution >= 4 is 12.4 Å². The van der Waals surface area contributed by atoms with Crippen LogP contribution in [0.4, 0.5) is 8.78 Å². The van der Waals surface area contributed by atoms with Crippen molar-refractivity contribution < 1.29 is 18.3 Å². The standard InChI is InChI=1S/C15H20F2N2O2.ClH/c16-14(17)10-12(19-6-4-18-5-7-19)11-2-1-3-13-15(11)21-9-8-20-13;/h1-3,12,14,18H,4-10H2;1H/t12-;/m0./s1. The normalized spacial score (nSPS) is 19.6. The Labute approximate surface area is 135 Å². The quantitative estimate of drug-likeness (QED) is 0.917. The molecule has 0 unspecified atom stereocenters. The summed E-state index contributed by atoms with van der Waals surface area (Å²) >= 11 is 0. The predicted molar refractivity (Wildman–Crippen MR) is 82.5 cm³/mol. The van der Waals surface area contributed by atoms with Crippen molar-refractivity contribution in [2.45, 2.75) is 18.9 Å². The van der Waals surface area contributed by atoms with Gasteiger partial charge in [0.15, 0.2) is 11.5 Å². The van der Waals surface area contributed by atoms with Crippen molar-refractivity contribution in [2.75, 3.05) is 39.4 Å². The van der Waals surface area contributed by atoms with Crippen molar-refractivity contribution in [1.82, 2.24) is 10.2 Å². The monoisotopic (exact) mass is 334 g/mol. The second-order valence-corrected chi connectivity index (χ2v) is 5.30. The number of benzene rings is 1. The highest BCUT2D eigenvalue weighted by Crippen LogP contribution is 2.40. The van der Waals surface area contributed by atoms with Gasteiger partial charge in [0.05, 0.1) is 0 Å². The van der Waals surface area contributed by atoms with Crippen molar-refractivity contribution in [3.8, 4) is 11.5 Å². The number of rotatable bonds is 4. The lowest BCUT2D eigenvalue weighted by atomic mass is 9.99. The van der Waals surface area contributed by atoms with Crippen LogP contribution in [0.5, 0.6) is 11.5 Å². The first-order valence-corrected chi connectivity index (χ1v) is 7.37. The van der Waals surface area contributed by atoms with Gasteiger partial charge in [-0.3, -0.25) is 4.90 Å². The molecule has 1 saturated heterocycles. The number of nitrogens with one attached hydrogen (secondary N) is 1. The topological polar surface area (TPSA) is 33.7 Å². The third-order valence-electron chi connectivity index (χ3n) is 3.95. The van der Waals surface area contributed by atoms with Gasteiger partial charge in [0.1, 0.15) is 13.2 Å². The Morgan fingerprint density at radius 3 is 2.59 bits per heavy atom. The molecule has 2 aliphatic rings. The van der Waals surface area contributed by atoms with Gasteiger partial charge in [0.25, 0.3) is 0 Å². The number of alkyl halides is 2. The molecule has 2 aliphatic heterocycles. The Morgan fingerprint density at radius 2 is 1.86 bits per heavy atom. The van der Waals surface area contributed by atoms with Crippen LogP contribution >= 0.6 is 12.4 Å². The molecule has 7 heteroatoms. The van der Waals surface area contributed by atoms with E-state index in [9.17, 15) is 8.78 Å². The van der Waals surface area contributed by atoms with E-state index in [-0.39, 0.29) is 24.9 Å². The summed E-state index contributed by atoms with van der Waals surface area (Å²) in [6, 6.07) is 5.23. The van der Waals surface area contributed by atoms with E-state index < -0.39 is 6.43 Å². The van der Waals surface area contributed by atoms with Crippen LogP contribution in [-0.4, -0.2) is 50.7 Å². The van der Waals surface area contributed by atoms with Gasteiger partial charge in [-0.1, -0.05) is 12.1 Å². The van der Waals surface area contributed by atoms with E-state index in [1.807, 2.05) is 18.2 Å². The fraction of sp³-hybridized carbons (Fsp3) is 0.600. The molecule has 1 fully saturated rings. The molecule has 0 bridgehead atoms. The number of hydrogen-bond donors (Lipinski definition) is 1. The maximum absolute atomic E-state index is 13.0. The molecular formula is C15H21ClF2N2O2. The van der Waals surface area contributed by atoms with Gasteiger partial charge >= 0.3 is 0 Å². The average molecular weight is 335 g/mol. The number of para-hydroxylation sites is 1. The van der Waals surface area contributed by atoms with E-state index in [0.29, 0.717) is 24.7 Å². The van der Waals surface area contributed by atoms with Crippen molar-refractivity contribution in [1.29, 1.82) is 0 Å². The van der Waals surface area contributed by atoms with Gasteiger partial charge in [-0.05, 0) is 6.07 Å². The highest BCUT2D eigenvalue weighted by molar-refractivity contribution is 5.85. The summed E-state index contributed by atoms with van der Waals surface area (Å²) in [4.78, 5) is 2.11. The summed E-state index contributed by atoms with van der Waals surface area (Å²) in [5.74, 6) is 1.29. The highest BCUT2D eigenvalue weighted by atomic mass is 35.5. The molecule has 22 heavy (non-hydrogen) atoms. The molecule has 1 aromatic rings. The second-order valence-electron chi connectivity index (χ2n) is 5.30. The van der Waals surface area contributed by atoms with Gasteiger partial charge in [0.2, 0.25) is 6.43 Å². The van der Waals surface area contributed by atoms with E-state index in [1.54, 1.807) is 0 Å². The first-order chi connectivity index (χ1) is 10.3. The molecule has 0 aromatic heterocycles. The van der Waals surface area contributed by atoms with Crippen molar-refractivity contribution in [2.24, 2.45) is 0 Å². The molecule has 0 saturated carbocycles. The van der Waals surface area contributed by atoms with E-state index in [2.05, 4.69) is 10.2 Å². The minimum absolute atomic E-state index is 0. The van der Waals surface area contributed by atoms with Crippen LogP contribution in [0.15, 0.2) is 18.2 Å². The lowest BCUT2D eigenvalue weighted by molar-refractivity contribution is 0.0710. The van der Waals surface area contributed by atoms with E-state index in [4.69, 9.17) is 9.47 Å². The number of piperazine rings is 1. The molecule has 0 spiro atoms. The molecular weight excluding hydrogens is 314 g/mol. The highest BCUT2D eigenvalue weighted by Gasteiger charge is 2.29. The maximum Gasteiger partial charge on any atom is 0.240 e. The Balaban J connectivity index is 0.00000176. The second kappa shape index (κ2) is 7.94. The first-order valence-electron chi connectivity index (χ1n) is 7.37. The Kier molecular flexibility index (Phi) is 6.23. The lowest BCUT2D eigenvalue weighted by Crippen LogP contribution is -2.45. The molecule has 2 heterocycles. The van der Waals surface area contributed by atoms with E-state index in [1.165, 1.54) is 0 Å². The summed E-state index contributed by atoms with van der Waals surface area (Å²) < 4.78 is 37.3. The Hall–Kier alpha value is -1.11. The van der Waals surface area contributed by atoms with Crippen LogP contribution in [0, 0.1) is 0 Å². The Morgan fingerprint density at radius 1 is 1.14 bits per heavy atom. The zero-order chi connectivity index (χ0) is 14.7. The summed E-state index contributed by atoms with van der Waals surface area (Å²) in [5, 5.41) is 3.25. The average Bonchev–Trinajstić information content (AvgIpc) is 2.53. The fourth-order valence-corrected chi connectivity index (χ4v) is 2.99. The molecule has 0 aliphatic carbocycles. The number of fused-ring (bicyclic) bond motifs is 1. The van der Waals surface area contributed by atoms with Crippen molar-refractivity contribution in [3.05, 3.63) is 23.8 Å². The van der Waals surface area contributed by atoms with Crippen LogP contribution < -0.4 is 14.8 Å². The molecule has 3 rings (SSSR count). The van der Waals surface area contributed by atoms with Crippen LogP contribution in [0.2, 0.25) is 0 Å². The van der Waals surface area contributed by atoms with Gasteiger partial charge in [-0.25, -0.2) is 8.78 Å². The predicted octanol–water partition coefficient (Wildman–Crippen LogP) is 2.48. The van der Waals surface area contributed by atoms with E-state index >= 15 is 0 Å². The molecule has 1 atom stereocenters. The minimum Gasteiger partial charge on any atom is -0.486 e. The molecule has 0 amide bonds. The van der Waals surface area contributed by atoms with Crippen LogP contribution in [-0.2, 0) is 0 Å². The first kappa shape index (κ1) is 17.2. The minimum atomic E-state index is -2.34. The molecule has 1 aromatic carbocycles. The zero-order valence-corrected chi connectivity index (χ0v) is 13.1. The zero-order valence-electron chi connectivity index (χ0n) is 12.3. The summed E-state index contributed by atoms with van der Waals surface area (Å²) in [5.41, 5.74) is 0.814. The van der Waals surface area contributed by atoms with Gasteiger partial charge in [0, 0.05) is 44.2 Å². The van der Waals surface area contributed by atoms with Crippen LogP contribution in [0.3, 0.4) is 0 Å². The summed E-state index contributed by atoms with van der Waals surface area (Å²) in [7, 11) is 0. The lowest BCUT2D eigenvalue weighted by Gasteiger charge is -2.36. The third-order valence-corrected chi connectivity index (χ3v) is 3.95. The van der Waals surface area contributed by atoms with Gasteiger partial charge < -0.3 is 14.8 Å². The number of halogens is 3. The molecule has 124 valence electrons. The fourth-order valence-electron chi connectivity index (χ4n) is 2.99. The van der Waals surface area contributed by atoms with Gasteiger partial charge in [-0.2, -0.15) is 0 Å². The number of ether oxygens (including phenoxy) is 2. The number of hydrogen-bond acceptors (Lipinski definition) is 4. The smallest absolute Gasteiger partial charge is 0.240 e. The molecule has 1 N–H and O–H groups in total. The van der Waals surface area contributed by atoms with E-state index in [0.717, 1.165) is 31.7 Å². The van der Waals surface area contributed by atoms with Crippen LogP contribution in [0.25, 0.3) is 0 Å². The van der Waals surface area contributed by atoms with Crippen molar-refractivity contribution in [3.63, 3.8) is 0 Å². The molecule has 4 nitrogen and oxygen atoms in total. The summed E-state index contributed by atoms with van der Waals surface area (Å²) in [6.07, 6.45) is -2.52. The third kappa shape index (κ3) is 3.80. The maximum atomic E-state index is 13.0. The largest absolute Gasteiger partial charge is 0.486 e. The summed E-state index contributed by atoms with van der Waals surface area (Å²) in [6.45, 7) is 4.15. The number of nitrogens with zero attached hydrogens (tertiary/aromatic N) is 1. The Bertz CT molecular complexity index is 485.